The molecule has 5 atom stereocenters. The van der Waals surface area contributed by atoms with E-state index in [9.17, 15) is 0 Å². The quantitative estimate of drug-likeness (QED) is 0.790. The minimum atomic E-state index is 0.195. The van der Waals surface area contributed by atoms with E-state index in [1.54, 1.807) is 14.2 Å². The van der Waals surface area contributed by atoms with Crippen LogP contribution >= 0.6 is 0 Å². The van der Waals surface area contributed by atoms with Crippen LogP contribution in [0.25, 0.3) is 0 Å². The van der Waals surface area contributed by atoms with E-state index in [2.05, 4.69) is 30.9 Å². The van der Waals surface area contributed by atoms with Crippen LogP contribution in [-0.4, -0.2) is 37.7 Å². The largest absolute Gasteiger partial charge is 0.493 e. The molecule has 1 aromatic carbocycles. The van der Waals surface area contributed by atoms with Gasteiger partial charge in [-0.1, -0.05) is 39.5 Å². The van der Waals surface area contributed by atoms with Gasteiger partial charge in [-0.2, -0.15) is 0 Å². The second-order valence-corrected chi connectivity index (χ2v) is 9.49. The lowest BCUT2D eigenvalue weighted by Crippen LogP contribution is -2.61. The zero-order chi connectivity index (χ0) is 19.9. The molecule has 1 saturated heterocycles. The Morgan fingerprint density at radius 3 is 2.64 bits per heavy atom. The zero-order valence-electron chi connectivity index (χ0n) is 18.2. The number of methoxy groups -OCH3 is 2. The molecule has 0 spiro atoms. The molecule has 2 aliphatic heterocycles. The van der Waals surface area contributed by atoms with Gasteiger partial charge in [0.15, 0.2) is 11.5 Å². The van der Waals surface area contributed by atoms with Crippen LogP contribution in [0, 0.1) is 5.92 Å². The van der Waals surface area contributed by atoms with Crippen molar-refractivity contribution in [3.8, 4) is 11.5 Å². The molecule has 4 heteroatoms. The molecule has 0 aromatic heterocycles. The summed E-state index contributed by atoms with van der Waals surface area (Å²) in [6, 6.07) is 5.86. The molecule has 0 radical (unpaired) electrons. The maximum Gasteiger partial charge on any atom is 0.161 e. The number of nitrogens with zero attached hydrogens (tertiary/aromatic N) is 1. The van der Waals surface area contributed by atoms with Crippen LogP contribution < -0.4 is 15.2 Å². The van der Waals surface area contributed by atoms with Crippen molar-refractivity contribution in [3.05, 3.63) is 23.3 Å². The van der Waals surface area contributed by atoms with Gasteiger partial charge in [0.25, 0.3) is 0 Å². The summed E-state index contributed by atoms with van der Waals surface area (Å²) in [5, 5.41) is 0. The highest BCUT2D eigenvalue weighted by molar-refractivity contribution is 5.53. The molecule has 0 amide bonds. The molecule has 3 aliphatic rings. The van der Waals surface area contributed by atoms with Crippen molar-refractivity contribution in [2.45, 2.75) is 88.8 Å². The summed E-state index contributed by atoms with van der Waals surface area (Å²) in [7, 11) is 3.48. The maximum absolute atomic E-state index is 6.73. The Morgan fingerprint density at radius 1 is 1.18 bits per heavy atom. The molecule has 2 unspecified atom stereocenters. The molecule has 1 aliphatic carbocycles. The van der Waals surface area contributed by atoms with Gasteiger partial charge in [0.2, 0.25) is 0 Å². The van der Waals surface area contributed by atoms with Crippen molar-refractivity contribution in [1.29, 1.82) is 0 Å². The Labute approximate surface area is 170 Å². The number of hydrogen-bond acceptors (Lipinski definition) is 4. The smallest absolute Gasteiger partial charge is 0.161 e. The number of hydrogen-bond donors (Lipinski definition) is 1. The first-order chi connectivity index (χ1) is 13.5. The van der Waals surface area contributed by atoms with E-state index in [1.807, 2.05) is 0 Å². The van der Waals surface area contributed by atoms with E-state index < -0.39 is 0 Å². The second-order valence-electron chi connectivity index (χ2n) is 9.49. The molecule has 2 N–H and O–H groups in total. The van der Waals surface area contributed by atoms with Gasteiger partial charge in [0, 0.05) is 30.1 Å². The van der Waals surface area contributed by atoms with Gasteiger partial charge in [0.05, 0.1) is 14.2 Å². The fourth-order valence-corrected chi connectivity index (χ4v) is 6.37. The molecule has 28 heavy (non-hydrogen) atoms. The van der Waals surface area contributed by atoms with Gasteiger partial charge >= 0.3 is 0 Å². The first-order valence-electron chi connectivity index (χ1n) is 11.3. The van der Waals surface area contributed by atoms with Crippen LogP contribution in [0.1, 0.15) is 82.4 Å². The molecule has 2 heterocycles. The van der Waals surface area contributed by atoms with Crippen LogP contribution in [0.2, 0.25) is 0 Å². The van der Waals surface area contributed by atoms with E-state index >= 15 is 0 Å². The minimum absolute atomic E-state index is 0.195. The molecule has 0 bridgehead atoms. The topological polar surface area (TPSA) is 47.7 Å². The number of benzene rings is 1. The van der Waals surface area contributed by atoms with Crippen LogP contribution in [0.3, 0.4) is 0 Å². The van der Waals surface area contributed by atoms with Gasteiger partial charge in [0.1, 0.15) is 0 Å². The van der Waals surface area contributed by atoms with Gasteiger partial charge < -0.3 is 15.2 Å². The van der Waals surface area contributed by atoms with Gasteiger partial charge in [-0.15, -0.1) is 0 Å². The molecule has 2 fully saturated rings. The van der Waals surface area contributed by atoms with Crippen molar-refractivity contribution < 1.29 is 9.47 Å². The highest BCUT2D eigenvalue weighted by atomic mass is 16.5. The second kappa shape index (κ2) is 7.87. The Balaban J connectivity index is 1.79. The lowest BCUT2D eigenvalue weighted by atomic mass is 9.60. The van der Waals surface area contributed by atoms with Crippen LogP contribution in [0.4, 0.5) is 0 Å². The third kappa shape index (κ3) is 3.13. The third-order valence-corrected chi connectivity index (χ3v) is 7.96. The number of ether oxygens (including phenoxy) is 2. The van der Waals surface area contributed by atoms with Crippen molar-refractivity contribution in [1.82, 2.24) is 4.90 Å². The summed E-state index contributed by atoms with van der Waals surface area (Å²) in [4.78, 5) is 2.84. The first-order valence-corrected chi connectivity index (χ1v) is 11.3. The van der Waals surface area contributed by atoms with Crippen molar-refractivity contribution >= 4 is 0 Å². The highest BCUT2D eigenvalue weighted by Crippen LogP contribution is 2.55. The van der Waals surface area contributed by atoms with Gasteiger partial charge in [-0.25, -0.2) is 0 Å². The summed E-state index contributed by atoms with van der Waals surface area (Å²) in [6.07, 6.45) is 10.1. The van der Waals surface area contributed by atoms with Gasteiger partial charge in [-0.3, -0.25) is 4.90 Å². The molecule has 1 saturated carbocycles. The van der Waals surface area contributed by atoms with Crippen molar-refractivity contribution in [3.63, 3.8) is 0 Å². The van der Waals surface area contributed by atoms with Crippen LogP contribution in [0.15, 0.2) is 12.1 Å². The van der Waals surface area contributed by atoms with Crippen molar-refractivity contribution in [2.24, 2.45) is 11.7 Å². The first kappa shape index (κ1) is 20.0. The average Bonchev–Trinajstić information content (AvgIpc) is 2.71. The standard InChI is InChI=1S/C24H38N2O2/c1-5-6-9-16-15-26-20(14-19(16)25)17-12-21(27-3)22(28-4)13-18(17)24(2)11-8-7-10-23(24)26/h12-13,16,19-20,23H,5-11,14-15,25H2,1-4H3/t16-,19+,20?,23?,24+/m1/s1. The van der Waals surface area contributed by atoms with Gasteiger partial charge in [-0.05, 0) is 54.9 Å². The van der Waals surface area contributed by atoms with Crippen LogP contribution in [0.5, 0.6) is 11.5 Å². The summed E-state index contributed by atoms with van der Waals surface area (Å²) >= 11 is 0. The molecule has 4 nitrogen and oxygen atoms in total. The molecular weight excluding hydrogens is 348 g/mol. The number of fused-ring (bicyclic) bond motifs is 6. The van der Waals surface area contributed by atoms with Crippen LogP contribution in [-0.2, 0) is 5.41 Å². The van der Waals surface area contributed by atoms with Crippen molar-refractivity contribution in [2.75, 3.05) is 20.8 Å². The lowest BCUT2D eigenvalue weighted by Gasteiger charge is -2.58. The maximum atomic E-state index is 6.73. The minimum Gasteiger partial charge on any atom is -0.493 e. The fraction of sp³-hybridized carbons (Fsp3) is 0.750. The predicted molar refractivity (Wildman–Crippen MR) is 114 cm³/mol. The highest BCUT2D eigenvalue weighted by Gasteiger charge is 2.52. The average molecular weight is 387 g/mol. The SMILES string of the molecule is CCCC[C@@H]1CN2C(C[C@@H]1N)c1cc(OC)c(OC)cc1[C@]1(C)CCCCC21. The Kier molecular flexibility index (Phi) is 5.63. The van der Waals surface area contributed by atoms with E-state index in [1.165, 1.54) is 56.1 Å². The Bertz CT molecular complexity index is 706. The summed E-state index contributed by atoms with van der Waals surface area (Å²) in [5.41, 5.74) is 9.84. The number of rotatable bonds is 5. The van der Waals surface area contributed by atoms with E-state index in [4.69, 9.17) is 15.2 Å². The normalized spacial score (nSPS) is 34.9. The van der Waals surface area contributed by atoms with E-state index in [0.29, 0.717) is 24.0 Å². The monoisotopic (exact) mass is 386 g/mol. The van der Waals surface area contributed by atoms with E-state index in [0.717, 1.165) is 24.5 Å². The molecule has 156 valence electrons. The number of nitrogens with two attached hydrogens (primary N) is 1. The predicted octanol–water partition coefficient (Wildman–Crippen LogP) is 4.80. The van der Waals surface area contributed by atoms with E-state index in [-0.39, 0.29) is 5.41 Å². The fourth-order valence-electron chi connectivity index (χ4n) is 6.37. The Morgan fingerprint density at radius 2 is 1.93 bits per heavy atom. The molecule has 1 aromatic rings. The summed E-state index contributed by atoms with van der Waals surface area (Å²) in [6.45, 7) is 5.93. The summed E-state index contributed by atoms with van der Waals surface area (Å²) < 4.78 is 11.4. The Hall–Kier alpha value is -1.26. The zero-order valence-corrected chi connectivity index (χ0v) is 18.2. The molecule has 4 rings (SSSR count). The number of piperidine rings is 1. The third-order valence-electron chi connectivity index (χ3n) is 7.96. The number of unbranched alkanes of at least 4 members (excludes halogenated alkanes) is 1. The molecular formula is C24H38N2O2. The summed E-state index contributed by atoms with van der Waals surface area (Å²) in [5.74, 6) is 2.34. The lowest BCUT2D eigenvalue weighted by molar-refractivity contribution is -0.0193.